The number of furan rings is 1. The third-order valence-electron chi connectivity index (χ3n) is 3.85. The van der Waals surface area contributed by atoms with Crippen LogP contribution in [0.2, 0.25) is 0 Å². The summed E-state index contributed by atoms with van der Waals surface area (Å²) >= 11 is 0. The summed E-state index contributed by atoms with van der Waals surface area (Å²) in [6, 6.07) is 4.64. The third-order valence-corrected chi connectivity index (χ3v) is 3.85. The average Bonchev–Trinajstić information content (AvgIpc) is 3.07. The number of aliphatic hydroxyl groups is 1. The van der Waals surface area contributed by atoms with Gasteiger partial charge in [-0.2, -0.15) is 0 Å². The molecule has 22 heavy (non-hydrogen) atoms. The van der Waals surface area contributed by atoms with E-state index in [0.29, 0.717) is 16.9 Å². The fourth-order valence-electron chi connectivity index (χ4n) is 2.80. The first-order valence-electron chi connectivity index (χ1n) is 6.95. The van der Waals surface area contributed by atoms with Crippen molar-refractivity contribution in [1.82, 2.24) is 4.90 Å². The van der Waals surface area contributed by atoms with E-state index in [2.05, 4.69) is 0 Å². The van der Waals surface area contributed by atoms with E-state index in [0.717, 1.165) is 12.1 Å². The van der Waals surface area contributed by atoms with Crippen LogP contribution in [-0.2, 0) is 0 Å². The second kappa shape index (κ2) is 5.53. The number of carbonyl (C=O) groups excluding carboxylic acids is 1. The summed E-state index contributed by atoms with van der Waals surface area (Å²) in [6.45, 7) is 1.87. The number of benzene rings is 1. The molecule has 0 spiro atoms. The van der Waals surface area contributed by atoms with Crippen LogP contribution in [0.3, 0.4) is 0 Å². The Balaban J connectivity index is 1.91. The van der Waals surface area contributed by atoms with Crippen LogP contribution in [0.5, 0.6) is 0 Å². The van der Waals surface area contributed by atoms with Crippen molar-refractivity contribution >= 4 is 5.91 Å². The highest BCUT2D eigenvalue weighted by molar-refractivity contribution is 5.94. The topological polar surface area (TPSA) is 53.7 Å². The van der Waals surface area contributed by atoms with E-state index >= 15 is 0 Å². The lowest BCUT2D eigenvalue weighted by Gasteiger charge is -2.24. The Morgan fingerprint density at radius 1 is 1.32 bits per heavy atom. The number of amides is 1. The van der Waals surface area contributed by atoms with Gasteiger partial charge in [-0.05, 0) is 37.1 Å². The third kappa shape index (κ3) is 2.62. The molecule has 0 radical (unpaired) electrons. The van der Waals surface area contributed by atoms with Crippen molar-refractivity contribution in [1.29, 1.82) is 0 Å². The summed E-state index contributed by atoms with van der Waals surface area (Å²) in [7, 11) is 0. The second-order valence-electron chi connectivity index (χ2n) is 5.48. The van der Waals surface area contributed by atoms with Crippen LogP contribution in [-0.4, -0.2) is 28.6 Å². The largest absolute Gasteiger partial charge is 0.469 e. The average molecular weight is 307 g/mol. The molecule has 1 saturated heterocycles. The van der Waals surface area contributed by atoms with Crippen LogP contribution in [0.4, 0.5) is 8.78 Å². The van der Waals surface area contributed by atoms with Gasteiger partial charge < -0.3 is 14.4 Å². The fourth-order valence-corrected chi connectivity index (χ4v) is 2.80. The Bertz CT molecular complexity index is 713. The number of nitrogens with zero attached hydrogens (tertiary/aromatic N) is 1. The highest BCUT2D eigenvalue weighted by Crippen LogP contribution is 2.34. The fraction of sp³-hybridized carbons (Fsp3) is 0.312. The van der Waals surface area contributed by atoms with Crippen molar-refractivity contribution in [2.45, 2.75) is 25.5 Å². The summed E-state index contributed by atoms with van der Waals surface area (Å²) < 4.78 is 31.6. The highest BCUT2D eigenvalue weighted by Gasteiger charge is 2.36. The molecular formula is C16H15F2NO3. The molecular weight excluding hydrogens is 292 g/mol. The Hall–Kier alpha value is -2.21. The molecule has 1 aromatic heterocycles. The van der Waals surface area contributed by atoms with Crippen molar-refractivity contribution in [3.63, 3.8) is 0 Å². The van der Waals surface area contributed by atoms with Crippen LogP contribution in [0.25, 0.3) is 0 Å². The second-order valence-corrected chi connectivity index (χ2v) is 5.48. The molecule has 1 aliphatic heterocycles. The molecule has 1 amide bonds. The van der Waals surface area contributed by atoms with Crippen LogP contribution in [0.15, 0.2) is 34.9 Å². The number of aliphatic hydroxyl groups excluding tert-OH is 1. The zero-order valence-corrected chi connectivity index (χ0v) is 11.9. The van der Waals surface area contributed by atoms with E-state index in [1.54, 1.807) is 13.0 Å². The maximum atomic E-state index is 13.4. The van der Waals surface area contributed by atoms with E-state index in [9.17, 15) is 18.7 Å². The van der Waals surface area contributed by atoms with Gasteiger partial charge in [0.25, 0.3) is 5.91 Å². The predicted octanol–water partition coefficient (Wildman–Crippen LogP) is 2.81. The van der Waals surface area contributed by atoms with E-state index in [4.69, 9.17) is 4.42 Å². The number of likely N-dealkylation sites (tertiary alicyclic amines) is 1. The van der Waals surface area contributed by atoms with Gasteiger partial charge in [0, 0.05) is 6.54 Å². The molecule has 116 valence electrons. The standard InChI is InChI=1S/C16H15F2NO3/c1-9-4-11(8-22-9)16(21)19-7-12(20)6-15(19)10-2-3-13(17)14(18)5-10/h2-5,8,12,15,20H,6-7H2,1H3. The van der Waals surface area contributed by atoms with Crippen LogP contribution in [0.1, 0.15) is 34.1 Å². The van der Waals surface area contributed by atoms with E-state index < -0.39 is 23.8 Å². The molecule has 3 rings (SSSR count). The molecule has 0 bridgehead atoms. The van der Waals surface area contributed by atoms with Crippen molar-refractivity contribution in [2.24, 2.45) is 0 Å². The van der Waals surface area contributed by atoms with Crippen molar-refractivity contribution in [3.05, 3.63) is 59.1 Å². The van der Waals surface area contributed by atoms with Gasteiger partial charge in [-0.1, -0.05) is 6.07 Å². The molecule has 1 aromatic carbocycles. The summed E-state index contributed by atoms with van der Waals surface area (Å²) in [5.74, 6) is -1.60. The van der Waals surface area contributed by atoms with Crippen molar-refractivity contribution in [2.75, 3.05) is 6.54 Å². The summed E-state index contributed by atoms with van der Waals surface area (Å²) in [6.07, 6.45) is 0.938. The molecule has 1 aliphatic rings. The molecule has 4 nitrogen and oxygen atoms in total. The lowest BCUT2D eigenvalue weighted by Crippen LogP contribution is -2.31. The van der Waals surface area contributed by atoms with Gasteiger partial charge in [-0.15, -0.1) is 0 Å². The molecule has 2 unspecified atom stereocenters. The van der Waals surface area contributed by atoms with Crippen LogP contribution < -0.4 is 0 Å². The minimum absolute atomic E-state index is 0.146. The Morgan fingerprint density at radius 3 is 2.73 bits per heavy atom. The number of carbonyl (C=O) groups is 1. The van der Waals surface area contributed by atoms with Crippen LogP contribution >= 0.6 is 0 Å². The Kier molecular flexibility index (Phi) is 3.70. The van der Waals surface area contributed by atoms with Crippen molar-refractivity contribution < 1.29 is 23.1 Å². The molecule has 2 atom stereocenters. The van der Waals surface area contributed by atoms with Gasteiger partial charge in [0.15, 0.2) is 11.6 Å². The quantitative estimate of drug-likeness (QED) is 0.928. The van der Waals surface area contributed by atoms with E-state index in [1.165, 1.54) is 17.2 Å². The van der Waals surface area contributed by atoms with Gasteiger partial charge in [-0.25, -0.2) is 8.78 Å². The first-order chi connectivity index (χ1) is 10.5. The number of β-amino-alcohol motifs (C(OH)–C–C–N with tert-alkyl or cyclic N) is 1. The Labute approximate surface area is 126 Å². The van der Waals surface area contributed by atoms with Gasteiger partial charge in [0.2, 0.25) is 0 Å². The molecule has 0 saturated carbocycles. The van der Waals surface area contributed by atoms with E-state index in [-0.39, 0.29) is 18.9 Å². The van der Waals surface area contributed by atoms with Gasteiger partial charge in [0.1, 0.15) is 12.0 Å². The number of hydrogen-bond donors (Lipinski definition) is 1. The summed E-state index contributed by atoms with van der Waals surface area (Å²) in [4.78, 5) is 14.0. The zero-order valence-electron chi connectivity index (χ0n) is 11.9. The summed E-state index contributed by atoms with van der Waals surface area (Å²) in [5.41, 5.74) is 0.836. The molecule has 6 heteroatoms. The number of rotatable bonds is 2. The first-order valence-corrected chi connectivity index (χ1v) is 6.95. The summed E-state index contributed by atoms with van der Waals surface area (Å²) in [5, 5.41) is 9.87. The Morgan fingerprint density at radius 2 is 2.09 bits per heavy atom. The molecule has 1 N–H and O–H groups in total. The monoisotopic (exact) mass is 307 g/mol. The minimum atomic E-state index is -0.967. The number of hydrogen-bond acceptors (Lipinski definition) is 3. The van der Waals surface area contributed by atoms with Crippen molar-refractivity contribution in [3.8, 4) is 0 Å². The lowest BCUT2D eigenvalue weighted by atomic mass is 10.0. The van der Waals surface area contributed by atoms with Crippen LogP contribution in [0, 0.1) is 18.6 Å². The van der Waals surface area contributed by atoms with Gasteiger partial charge in [-0.3, -0.25) is 4.79 Å². The van der Waals surface area contributed by atoms with Gasteiger partial charge >= 0.3 is 0 Å². The number of aryl methyl sites for hydroxylation is 1. The maximum absolute atomic E-state index is 13.4. The highest BCUT2D eigenvalue weighted by atomic mass is 19.2. The van der Waals surface area contributed by atoms with Gasteiger partial charge in [0.05, 0.1) is 17.7 Å². The molecule has 2 aromatic rings. The van der Waals surface area contributed by atoms with E-state index in [1.807, 2.05) is 0 Å². The maximum Gasteiger partial charge on any atom is 0.257 e. The first kappa shape index (κ1) is 14.7. The lowest BCUT2D eigenvalue weighted by molar-refractivity contribution is 0.0715. The molecule has 1 fully saturated rings. The zero-order chi connectivity index (χ0) is 15.9. The number of halogens is 2. The minimum Gasteiger partial charge on any atom is -0.469 e. The predicted molar refractivity (Wildman–Crippen MR) is 74.2 cm³/mol. The SMILES string of the molecule is Cc1cc(C(=O)N2CC(O)CC2c2ccc(F)c(F)c2)co1. The normalized spacial score (nSPS) is 21.4. The molecule has 2 heterocycles. The smallest absolute Gasteiger partial charge is 0.257 e. The molecule has 0 aliphatic carbocycles.